The number of nitrogens with one attached hydrogen (secondary N) is 1. The van der Waals surface area contributed by atoms with Crippen LogP contribution in [0.1, 0.15) is 24.1 Å². The van der Waals surface area contributed by atoms with E-state index in [2.05, 4.69) is 26.2 Å². The molecule has 1 aromatic heterocycles. The first-order valence-electron chi connectivity index (χ1n) is 7.79. The van der Waals surface area contributed by atoms with Crippen LogP contribution in [0.3, 0.4) is 0 Å². The summed E-state index contributed by atoms with van der Waals surface area (Å²) in [6, 6.07) is 4.59. The van der Waals surface area contributed by atoms with Gasteiger partial charge in [-0.25, -0.2) is 9.02 Å². The molecule has 1 aromatic carbocycles. The summed E-state index contributed by atoms with van der Waals surface area (Å²) in [5.74, 6) is -0.0446. The fraction of sp³-hybridized carbons (Fsp3) is 0.375. The Morgan fingerprint density at radius 2 is 2.12 bits per heavy atom. The number of hydrogen-bond donors (Lipinski definition) is 1. The van der Waals surface area contributed by atoms with E-state index in [-0.39, 0.29) is 29.6 Å². The highest BCUT2D eigenvalue weighted by Gasteiger charge is 2.21. The van der Waals surface area contributed by atoms with Crippen LogP contribution in [0.4, 0.5) is 4.39 Å². The minimum absolute atomic E-state index is 0.0606. The first-order valence-corrected chi connectivity index (χ1v) is 9.57. The average molecular weight is 427 g/mol. The lowest BCUT2D eigenvalue weighted by Gasteiger charge is -2.14. The summed E-state index contributed by atoms with van der Waals surface area (Å²) in [6.45, 7) is 1.61. The summed E-state index contributed by atoms with van der Waals surface area (Å²) < 4.78 is 18.4. The van der Waals surface area contributed by atoms with E-state index in [0.29, 0.717) is 15.2 Å². The molecule has 0 unspecified atom stereocenters. The maximum atomic E-state index is 13.3. The zero-order valence-electron chi connectivity index (χ0n) is 13.3. The third-order valence-corrected chi connectivity index (χ3v) is 5.44. The minimum atomic E-state index is -0.352. The molecule has 25 heavy (non-hydrogen) atoms. The Morgan fingerprint density at radius 3 is 2.84 bits per heavy atom. The summed E-state index contributed by atoms with van der Waals surface area (Å²) in [5, 5.41) is 16.2. The van der Waals surface area contributed by atoms with Gasteiger partial charge in [0.25, 0.3) is 0 Å². The molecule has 0 spiro atoms. The first-order chi connectivity index (χ1) is 12.0. The molecule has 132 valence electrons. The maximum Gasteiger partial charge on any atom is 0.232 e. The largest absolute Gasteiger partial charge is 0.342 e. The van der Waals surface area contributed by atoms with Crippen molar-refractivity contribution in [1.82, 2.24) is 15.2 Å². The number of thioether (sulfide) groups is 1. The van der Waals surface area contributed by atoms with Gasteiger partial charge in [-0.2, -0.15) is 0 Å². The fourth-order valence-corrected chi connectivity index (χ4v) is 3.84. The second-order valence-electron chi connectivity index (χ2n) is 5.70. The lowest BCUT2D eigenvalue weighted by Crippen LogP contribution is -2.29. The zero-order valence-corrected chi connectivity index (χ0v) is 15.7. The van der Waals surface area contributed by atoms with Gasteiger partial charge in [-0.15, -0.1) is 0 Å². The monoisotopic (exact) mass is 426 g/mol. The SMILES string of the molecule is N=C(Cc1ccc(F)c(Br)c1)c1nonc1SCC(=O)N1CCCC1. The molecule has 0 atom stereocenters. The van der Waals surface area contributed by atoms with Gasteiger partial charge < -0.3 is 10.3 Å². The Hall–Kier alpha value is -1.74. The number of likely N-dealkylation sites (tertiary alicyclic amines) is 1. The minimum Gasteiger partial charge on any atom is -0.342 e. The van der Waals surface area contributed by atoms with Crippen LogP contribution in [-0.2, 0) is 11.2 Å². The van der Waals surface area contributed by atoms with E-state index in [0.717, 1.165) is 31.5 Å². The summed E-state index contributed by atoms with van der Waals surface area (Å²) in [6.07, 6.45) is 2.36. The first kappa shape index (κ1) is 18.1. The van der Waals surface area contributed by atoms with Gasteiger partial charge in [-0.1, -0.05) is 17.8 Å². The maximum absolute atomic E-state index is 13.3. The molecule has 3 rings (SSSR count). The fourth-order valence-electron chi connectivity index (χ4n) is 2.58. The molecule has 1 fully saturated rings. The number of rotatable bonds is 6. The van der Waals surface area contributed by atoms with Crippen molar-refractivity contribution in [2.45, 2.75) is 24.3 Å². The number of amides is 1. The smallest absolute Gasteiger partial charge is 0.232 e. The van der Waals surface area contributed by atoms with Crippen LogP contribution < -0.4 is 0 Å². The molecular formula is C16H16BrFN4O2S. The van der Waals surface area contributed by atoms with Crippen molar-refractivity contribution >= 4 is 39.3 Å². The second kappa shape index (κ2) is 8.09. The van der Waals surface area contributed by atoms with Crippen LogP contribution in [0.2, 0.25) is 0 Å². The highest BCUT2D eigenvalue weighted by Crippen LogP contribution is 2.23. The lowest BCUT2D eigenvalue weighted by atomic mass is 10.1. The molecule has 1 amide bonds. The quantitative estimate of drug-likeness (QED) is 0.565. The summed E-state index contributed by atoms with van der Waals surface area (Å²) >= 11 is 4.36. The molecule has 9 heteroatoms. The summed E-state index contributed by atoms with van der Waals surface area (Å²) in [4.78, 5) is 13.9. The van der Waals surface area contributed by atoms with Crippen LogP contribution in [-0.4, -0.2) is 45.7 Å². The molecule has 2 aromatic rings. The third-order valence-electron chi connectivity index (χ3n) is 3.90. The van der Waals surface area contributed by atoms with Crippen molar-refractivity contribution in [3.8, 4) is 0 Å². The van der Waals surface area contributed by atoms with Gasteiger partial charge in [0.2, 0.25) is 5.91 Å². The molecule has 0 bridgehead atoms. The van der Waals surface area contributed by atoms with E-state index >= 15 is 0 Å². The van der Waals surface area contributed by atoms with Gasteiger partial charge in [0.1, 0.15) is 5.82 Å². The average Bonchev–Trinajstić information content (AvgIpc) is 3.27. The molecule has 1 N–H and O–H groups in total. The van der Waals surface area contributed by atoms with Crippen molar-refractivity contribution in [1.29, 1.82) is 5.41 Å². The van der Waals surface area contributed by atoms with Crippen molar-refractivity contribution in [3.63, 3.8) is 0 Å². The van der Waals surface area contributed by atoms with Crippen molar-refractivity contribution < 1.29 is 13.8 Å². The predicted octanol–water partition coefficient (Wildman–Crippen LogP) is 3.30. The van der Waals surface area contributed by atoms with E-state index < -0.39 is 0 Å². The van der Waals surface area contributed by atoms with Gasteiger partial charge in [-0.3, -0.25) is 4.79 Å². The Balaban J connectivity index is 1.62. The molecule has 0 saturated carbocycles. The number of benzene rings is 1. The lowest BCUT2D eigenvalue weighted by molar-refractivity contribution is -0.127. The highest BCUT2D eigenvalue weighted by molar-refractivity contribution is 9.10. The van der Waals surface area contributed by atoms with Crippen LogP contribution in [0.15, 0.2) is 32.3 Å². The van der Waals surface area contributed by atoms with Gasteiger partial charge in [0.15, 0.2) is 10.7 Å². The summed E-state index contributed by atoms with van der Waals surface area (Å²) in [5.41, 5.74) is 1.29. The molecular weight excluding hydrogens is 411 g/mol. The number of carbonyl (C=O) groups excluding carboxylic acids is 1. The van der Waals surface area contributed by atoms with Gasteiger partial charge in [-0.05, 0) is 56.8 Å². The van der Waals surface area contributed by atoms with E-state index in [9.17, 15) is 9.18 Å². The Kier molecular flexibility index (Phi) is 5.85. The van der Waals surface area contributed by atoms with Crippen molar-refractivity contribution in [2.75, 3.05) is 18.8 Å². The molecule has 1 aliphatic heterocycles. The normalized spacial score (nSPS) is 14.1. The number of aromatic nitrogens is 2. The van der Waals surface area contributed by atoms with Crippen molar-refractivity contribution in [2.24, 2.45) is 0 Å². The Labute approximate surface area is 156 Å². The third kappa shape index (κ3) is 4.46. The summed E-state index contributed by atoms with van der Waals surface area (Å²) in [7, 11) is 0. The van der Waals surface area contributed by atoms with Crippen LogP contribution in [0, 0.1) is 11.2 Å². The van der Waals surface area contributed by atoms with E-state index in [1.807, 2.05) is 4.90 Å². The van der Waals surface area contributed by atoms with Crippen LogP contribution >= 0.6 is 27.7 Å². The standard InChI is InChI=1S/C16H16BrFN4O2S/c17-11-7-10(3-4-12(11)18)8-13(19)15-16(21-24-20-15)25-9-14(23)22-5-1-2-6-22/h3-4,7,19H,1-2,5-6,8-9H2. The number of nitrogens with zero attached hydrogens (tertiary/aromatic N) is 3. The molecule has 1 aliphatic rings. The zero-order chi connectivity index (χ0) is 17.8. The number of carbonyl (C=O) groups is 1. The molecule has 0 radical (unpaired) electrons. The Bertz CT molecular complexity index is 792. The van der Waals surface area contributed by atoms with Gasteiger partial charge in [0.05, 0.1) is 15.9 Å². The Morgan fingerprint density at radius 1 is 1.36 bits per heavy atom. The van der Waals surface area contributed by atoms with E-state index in [1.165, 1.54) is 17.8 Å². The van der Waals surface area contributed by atoms with Gasteiger partial charge >= 0.3 is 0 Å². The second-order valence-corrected chi connectivity index (χ2v) is 7.52. The van der Waals surface area contributed by atoms with E-state index in [4.69, 9.17) is 10.0 Å². The molecule has 6 nitrogen and oxygen atoms in total. The highest BCUT2D eigenvalue weighted by atomic mass is 79.9. The molecule has 0 aliphatic carbocycles. The topological polar surface area (TPSA) is 83.1 Å². The van der Waals surface area contributed by atoms with Crippen LogP contribution in [0.5, 0.6) is 0 Å². The predicted molar refractivity (Wildman–Crippen MR) is 95.5 cm³/mol. The van der Waals surface area contributed by atoms with Gasteiger partial charge in [0, 0.05) is 19.5 Å². The molecule has 2 heterocycles. The van der Waals surface area contributed by atoms with E-state index in [1.54, 1.807) is 12.1 Å². The van der Waals surface area contributed by atoms with Crippen LogP contribution in [0.25, 0.3) is 0 Å². The number of hydrogen-bond acceptors (Lipinski definition) is 6. The molecule has 1 saturated heterocycles. The number of halogens is 2. The van der Waals surface area contributed by atoms with Crippen molar-refractivity contribution in [3.05, 3.63) is 39.7 Å².